The number of carboxylic acids is 3. The van der Waals surface area contributed by atoms with Crippen LogP contribution in [0.1, 0.15) is 6.42 Å². The zero-order valence-corrected chi connectivity index (χ0v) is 8.72. The predicted octanol–water partition coefficient (Wildman–Crippen LogP) is -1.65. The van der Waals surface area contributed by atoms with Crippen LogP contribution < -0.4 is 0 Å². The molecule has 92 valence electrons. The average molecular weight is 256 g/mol. The lowest BCUT2D eigenvalue weighted by Gasteiger charge is -2.21. The molecule has 0 aromatic carbocycles. The van der Waals surface area contributed by atoms with Crippen molar-refractivity contribution >= 4 is 28.0 Å². The molecule has 0 saturated heterocycles. The fourth-order valence-corrected chi connectivity index (χ4v) is 1.53. The third kappa shape index (κ3) is 3.47. The Morgan fingerprint density at radius 3 is 1.69 bits per heavy atom. The predicted molar refractivity (Wildman–Crippen MR) is 46.2 cm³/mol. The SMILES string of the molecule is CS(=O)(=O)OC(CC(=O)O)(C(=O)O)C(=O)O. The standard InChI is InChI=1S/C6H8O9S/c1-16(13,14)15-6(4(9)10,5(11)12)2-3(7)8/h2H2,1H3,(H,7,8)(H,9,10)(H,11,12). The summed E-state index contributed by atoms with van der Waals surface area (Å²) in [7, 11) is -4.44. The van der Waals surface area contributed by atoms with E-state index in [0.29, 0.717) is 6.26 Å². The third-order valence-corrected chi connectivity index (χ3v) is 1.97. The van der Waals surface area contributed by atoms with Gasteiger partial charge in [-0.2, -0.15) is 8.42 Å². The normalized spacial score (nSPS) is 12.1. The van der Waals surface area contributed by atoms with Gasteiger partial charge in [0.25, 0.3) is 15.7 Å². The highest BCUT2D eigenvalue weighted by atomic mass is 32.2. The molecule has 16 heavy (non-hydrogen) atoms. The summed E-state index contributed by atoms with van der Waals surface area (Å²) in [5.41, 5.74) is -3.35. The zero-order valence-electron chi connectivity index (χ0n) is 7.91. The highest BCUT2D eigenvalue weighted by molar-refractivity contribution is 7.86. The fraction of sp³-hybridized carbons (Fsp3) is 0.500. The molecule has 0 bridgehead atoms. The molecule has 0 amide bonds. The van der Waals surface area contributed by atoms with Crippen LogP contribution in [0, 0.1) is 0 Å². The van der Waals surface area contributed by atoms with E-state index in [1.54, 1.807) is 0 Å². The second-order valence-corrected chi connectivity index (χ2v) is 4.37. The molecule has 3 N–H and O–H groups in total. The Kier molecular flexibility index (Phi) is 3.98. The topological polar surface area (TPSA) is 155 Å². The van der Waals surface area contributed by atoms with E-state index in [-0.39, 0.29) is 0 Å². The first-order valence-electron chi connectivity index (χ1n) is 3.60. The molecule has 0 aromatic heterocycles. The Labute approximate surface area is 89.4 Å². The lowest BCUT2D eigenvalue weighted by Crippen LogP contribution is -2.51. The van der Waals surface area contributed by atoms with E-state index in [1.807, 2.05) is 0 Å². The van der Waals surface area contributed by atoms with Crippen molar-refractivity contribution in [2.45, 2.75) is 12.0 Å². The zero-order chi connectivity index (χ0) is 13.1. The van der Waals surface area contributed by atoms with Gasteiger partial charge in [-0.3, -0.25) is 4.79 Å². The molecule has 0 aliphatic carbocycles. The summed E-state index contributed by atoms with van der Waals surface area (Å²) in [6.45, 7) is 0. The van der Waals surface area contributed by atoms with Crippen LogP contribution in [0.5, 0.6) is 0 Å². The van der Waals surface area contributed by atoms with Crippen molar-refractivity contribution in [1.29, 1.82) is 0 Å². The summed E-state index contributed by atoms with van der Waals surface area (Å²) in [6, 6.07) is 0. The maximum absolute atomic E-state index is 10.7. The summed E-state index contributed by atoms with van der Waals surface area (Å²) < 4.78 is 25.2. The summed E-state index contributed by atoms with van der Waals surface area (Å²) in [4.78, 5) is 31.6. The lowest BCUT2D eigenvalue weighted by atomic mass is 10.0. The Hall–Kier alpha value is -1.68. The number of aliphatic carboxylic acids is 3. The smallest absolute Gasteiger partial charge is 0.350 e. The monoisotopic (exact) mass is 256 g/mol. The van der Waals surface area contributed by atoms with E-state index in [1.165, 1.54) is 0 Å². The van der Waals surface area contributed by atoms with Gasteiger partial charge in [-0.25, -0.2) is 13.8 Å². The second kappa shape index (κ2) is 4.45. The number of carboxylic acid groups (broad SMARTS) is 3. The first-order chi connectivity index (χ1) is 7.01. The summed E-state index contributed by atoms with van der Waals surface area (Å²) in [5, 5.41) is 25.5. The highest BCUT2D eigenvalue weighted by Crippen LogP contribution is 2.20. The number of carbonyl (C=O) groups is 3. The molecule has 0 heterocycles. The van der Waals surface area contributed by atoms with Gasteiger partial charge in [-0.05, 0) is 0 Å². The average Bonchev–Trinajstić information content (AvgIpc) is 1.98. The molecular formula is C6H8O9S. The van der Waals surface area contributed by atoms with E-state index in [4.69, 9.17) is 15.3 Å². The molecular weight excluding hydrogens is 248 g/mol. The van der Waals surface area contributed by atoms with Crippen LogP contribution in [0.15, 0.2) is 0 Å². The van der Waals surface area contributed by atoms with Crippen LogP contribution in [0.4, 0.5) is 0 Å². The van der Waals surface area contributed by atoms with Crippen molar-refractivity contribution < 1.29 is 42.3 Å². The molecule has 0 fully saturated rings. The molecule has 9 nitrogen and oxygen atoms in total. The van der Waals surface area contributed by atoms with Gasteiger partial charge in [0.05, 0.1) is 12.7 Å². The molecule has 0 aliphatic rings. The van der Waals surface area contributed by atoms with Crippen LogP contribution >= 0.6 is 0 Å². The molecule has 0 unspecified atom stereocenters. The minimum Gasteiger partial charge on any atom is -0.481 e. The van der Waals surface area contributed by atoms with E-state index in [9.17, 15) is 22.8 Å². The molecule has 0 atom stereocenters. The molecule has 0 rings (SSSR count). The molecule has 0 saturated carbocycles. The van der Waals surface area contributed by atoms with Crippen LogP contribution in [-0.4, -0.2) is 53.5 Å². The largest absolute Gasteiger partial charge is 0.481 e. The van der Waals surface area contributed by atoms with Gasteiger partial charge >= 0.3 is 17.9 Å². The molecule has 0 aliphatic heterocycles. The van der Waals surface area contributed by atoms with Crippen molar-refractivity contribution in [3.63, 3.8) is 0 Å². The maximum Gasteiger partial charge on any atom is 0.350 e. The van der Waals surface area contributed by atoms with Gasteiger partial charge in [0.15, 0.2) is 0 Å². The highest BCUT2D eigenvalue weighted by Gasteiger charge is 2.53. The van der Waals surface area contributed by atoms with Crippen LogP contribution in [0.3, 0.4) is 0 Å². The number of hydrogen-bond acceptors (Lipinski definition) is 6. The van der Waals surface area contributed by atoms with E-state index in [2.05, 4.69) is 4.18 Å². The maximum atomic E-state index is 10.7. The first-order valence-corrected chi connectivity index (χ1v) is 5.42. The van der Waals surface area contributed by atoms with Crippen molar-refractivity contribution in [3.8, 4) is 0 Å². The van der Waals surface area contributed by atoms with Crippen LogP contribution in [0.25, 0.3) is 0 Å². The van der Waals surface area contributed by atoms with Gasteiger partial charge in [0, 0.05) is 0 Å². The quantitative estimate of drug-likeness (QED) is 0.374. The molecule has 0 spiro atoms. The number of rotatable bonds is 6. The van der Waals surface area contributed by atoms with Crippen molar-refractivity contribution in [2.24, 2.45) is 0 Å². The van der Waals surface area contributed by atoms with E-state index in [0.717, 1.165) is 0 Å². The first kappa shape index (κ1) is 14.3. The van der Waals surface area contributed by atoms with E-state index < -0.39 is 40.0 Å². The molecule has 0 radical (unpaired) electrons. The Morgan fingerprint density at radius 2 is 1.50 bits per heavy atom. The number of hydrogen-bond donors (Lipinski definition) is 3. The summed E-state index contributed by atoms with van der Waals surface area (Å²) in [6.07, 6.45) is -1.11. The van der Waals surface area contributed by atoms with Crippen molar-refractivity contribution in [1.82, 2.24) is 0 Å². The van der Waals surface area contributed by atoms with E-state index >= 15 is 0 Å². The Balaban J connectivity index is 5.53. The van der Waals surface area contributed by atoms with Crippen LogP contribution in [-0.2, 0) is 28.7 Å². The summed E-state index contributed by atoms with van der Waals surface area (Å²) in [5.74, 6) is -6.26. The van der Waals surface area contributed by atoms with Crippen molar-refractivity contribution in [3.05, 3.63) is 0 Å². The van der Waals surface area contributed by atoms with Crippen molar-refractivity contribution in [2.75, 3.05) is 6.26 Å². The Bertz CT molecular complexity index is 405. The van der Waals surface area contributed by atoms with Gasteiger partial charge in [0.2, 0.25) is 0 Å². The van der Waals surface area contributed by atoms with Crippen LogP contribution in [0.2, 0.25) is 0 Å². The van der Waals surface area contributed by atoms with Gasteiger partial charge < -0.3 is 15.3 Å². The van der Waals surface area contributed by atoms with Gasteiger partial charge in [-0.15, -0.1) is 0 Å². The second-order valence-electron chi connectivity index (χ2n) is 2.80. The fourth-order valence-electron chi connectivity index (χ4n) is 0.815. The van der Waals surface area contributed by atoms with Gasteiger partial charge in [-0.1, -0.05) is 0 Å². The lowest BCUT2D eigenvalue weighted by molar-refractivity contribution is -0.176. The molecule has 0 aromatic rings. The van der Waals surface area contributed by atoms with Gasteiger partial charge in [0.1, 0.15) is 0 Å². The minimum absolute atomic E-state index is 0.412. The minimum atomic E-state index is -4.44. The third-order valence-electron chi connectivity index (χ3n) is 1.38. The molecule has 10 heteroatoms. The summed E-state index contributed by atoms with van der Waals surface area (Å²) >= 11 is 0. The Morgan fingerprint density at radius 1 is 1.12 bits per heavy atom.